The second-order valence-electron chi connectivity index (χ2n) is 8.32. The molecule has 1 saturated heterocycles. The fourth-order valence-electron chi connectivity index (χ4n) is 4.59. The van der Waals surface area contributed by atoms with E-state index in [2.05, 4.69) is 42.8 Å². The van der Waals surface area contributed by atoms with Crippen molar-refractivity contribution in [2.45, 2.75) is 6.17 Å². The van der Waals surface area contributed by atoms with Crippen LogP contribution in [0.2, 0.25) is 0 Å². The van der Waals surface area contributed by atoms with Crippen LogP contribution in [0.1, 0.15) is 11.7 Å². The Morgan fingerprint density at radius 1 is 0.968 bits per heavy atom. The van der Waals surface area contributed by atoms with Gasteiger partial charge in [0.05, 0.1) is 17.7 Å². The van der Waals surface area contributed by atoms with E-state index in [0.29, 0.717) is 13.3 Å². The molecule has 8 nitrogen and oxygen atoms in total. The van der Waals surface area contributed by atoms with E-state index in [1.807, 2.05) is 30.3 Å². The Balaban J connectivity index is 1.41. The summed E-state index contributed by atoms with van der Waals surface area (Å²) in [6, 6.07) is 14.8. The number of guanidine groups is 1. The second-order valence-corrected chi connectivity index (χ2v) is 8.32. The molecule has 0 radical (unpaired) electrons. The first-order chi connectivity index (χ1) is 15.2. The number of likely N-dealkylation sites (N-methyl/N-ethyl adjacent to an activating group) is 1. The fourth-order valence-corrected chi connectivity index (χ4v) is 4.59. The van der Waals surface area contributed by atoms with Crippen LogP contribution in [-0.2, 0) is 0 Å². The van der Waals surface area contributed by atoms with Gasteiger partial charge in [0.25, 0.3) is 0 Å². The largest absolute Gasteiger partial charge is 0.331 e. The highest BCUT2D eigenvalue weighted by Crippen LogP contribution is 2.34. The topological polar surface area (TPSA) is 55.2 Å². The number of hydrazine groups is 1. The molecule has 0 spiro atoms. The number of hydrogen-bond acceptors (Lipinski definition) is 7. The predicted molar refractivity (Wildman–Crippen MR) is 118 cm³/mol. The van der Waals surface area contributed by atoms with E-state index in [0.717, 1.165) is 54.7 Å². The predicted octanol–water partition coefficient (Wildman–Crippen LogP) is 1.88. The molecule has 6 rings (SSSR count). The molecule has 1 atom stereocenters. The van der Waals surface area contributed by atoms with Crippen LogP contribution in [0.5, 0.6) is 0 Å². The minimum Gasteiger partial charge on any atom is -0.331 e. The number of imidazole rings is 1. The van der Waals surface area contributed by atoms with Crippen LogP contribution in [0.15, 0.2) is 53.5 Å². The highest BCUT2D eigenvalue weighted by molar-refractivity contribution is 5.98. The molecule has 3 aromatic rings. The van der Waals surface area contributed by atoms with Gasteiger partial charge < -0.3 is 10.2 Å². The van der Waals surface area contributed by atoms with E-state index in [1.165, 1.54) is 12.1 Å². The lowest BCUT2D eigenvalue weighted by Gasteiger charge is -2.46. The van der Waals surface area contributed by atoms with Crippen molar-refractivity contribution in [2.24, 2.45) is 4.99 Å². The summed E-state index contributed by atoms with van der Waals surface area (Å²) in [5.74, 6) is 1.42. The van der Waals surface area contributed by atoms with Crippen LogP contribution in [0.3, 0.4) is 0 Å². The molecule has 9 heteroatoms. The number of aromatic nitrogens is 2. The molecule has 0 amide bonds. The fraction of sp³-hybridized carbons (Fsp3) is 0.364. The number of hydrogen-bond donors (Lipinski definition) is 1. The molecular weight excluding hydrogens is 395 g/mol. The van der Waals surface area contributed by atoms with E-state index in [-0.39, 0.29) is 12.0 Å². The maximum absolute atomic E-state index is 13.6. The summed E-state index contributed by atoms with van der Waals surface area (Å²) < 4.78 is 15.8. The zero-order valence-electron chi connectivity index (χ0n) is 17.4. The minimum absolute atomic E-state index is 0.201. The quantitative estimate of drug-likeness (QED) is 0.683. The Morgan fingerprint density at radius 3 is 2.55 bits per heavy atom. The SMILES string of the molecule is CN1CCN(N2CN=C3N[C@H](c4ccc(F)cc4)n4c(nc5ccccc54)N3C2)CC1. The zero-order chi connectivity index (χ0) is 20.9. The third-order valence-corrected chi connectivity index (χ3v) is 6.35. The lowest BCUT2D eigenvalue weighted by molar-refractivity contribution is -0.0528. The number of piperazine rings is 1. The zero-order valence-corrected chi connectivity index (χ0v) is 17.4. The van der Waals surface area contributed by atoms with E-state index in [9.17, 15) is 4.39 Å². The van der Waals surface area contributed by atoms with Crippen LogP contribution in [0.25, 0.3) is 11.0 Å². The number of nitrogens with one attached hydrogen (secondary N) is 1. The van der Waals surface area contributed by atoms with Gasteiger partial charge >= 0.3 is 0 Å². The van der Waals surface area contributed by atoms with Crippen LogP contribution in [-0.4, -0.2) is 77.0 Å². The van der Waals surface area contributed by atoms with Gasteiger partial charge in [-0.15, -0.1) is 0 Å². The summed E-state index contributed by atoms with van der Waals surface area (Å²) in [7, 11) is 2.16. The van der Waals surface area contributed by atoms with Crippen LogP contribution in [0, 0.1) is 5.82 Å². The van der Waals surface area contributed by atoms with Gasteiger partial charge in [-0.1, -0.05) is 24.3 Å². The summed E-state index contributed by atoms with van der Waals surface area (Å²) in [4.78, 5) is 14.3. The van der Waals surface area contributed by atoms with Crippen molar-refractivity contribution < 1.29 is 4.39 Å². The van der Waals surface area contributed by atoms with Gasteiger partial charge in [-0.05, 0) is 36.9 Å². The van der Waals surface area contributed by atoms with Crippen molar-refractivity contribution in [1.82, 2.24) is 29.8 Å². The molecule has 3 aliphatic rings. The molecule has 1 fully saturated rings. The third kappa shape index (κ3) is 3.16. The van der Waals surface area contributed by atoms with Gasteiger partial charge in [0, 0.05) is 26.2 Å². The molecule has 1 N–H and O–H groups in total. The summed E-state index contributed by atoms with van der Waals surface area (Å²) in [5.41, 5.74) is 2.94. The van der Waals surface area contributed by atoms with Gasteiger partial charge in [0.15, 0.2) is 0 Å². The Morgan fingerprint density at radius 2 is 1.74 bits per heavy atom. The highest BCUT2D eigenvalue weighted by Gasteiger charge is 2.37. The molecule has 0 unspecified atom stereocenters. The Kier molecular flexibility index (Phi) is 4.41. The molecule has 0 saturated carbocycles. The molecule has 2 aromatic carbocycles. The Labute approximate surface area is 180 Å². The third-order valence-electron chi connectivity index (χ3n) is 6.35. The minimum atomic E-state index is -0.241. The molecule has 4 heterocycles. The maximum Gasteiger partial charge on any atom is 0.216 e. The number of nitrogens with zero attached hydrogens (tertiary/aromatic N) is 7. The molecule has 31 heavy (non-hydrogen) atoms. The van der Waals surface area contributed by atoms with Crippen molar-refractivity contribution in [1.29, 1.82) is 0 Å². The lowest BCUT2D eigenvalue weighted by Crippen LogP contribution is -2.62. The van der Waals surface area contributed by atoms with Crippen LogP contribution >= 0.6 is 0 Å². The summed E-state index contributed by atoms with van der Waals surface area (Å²) in [5, 5.41) is 8.26. The average Bonchev–Trinajstić information content (AvgIpc) is 3.19. The second kappa shape index (κ2) is 7.30. The number of halogens is 1. The first kappa shape index (κ1) is 18.7. The first-order valence-electron chi connectivity index (χ1n) is 10.7. The van der Waals surface area contributed by atoms with Crippen molar-refractivity contribution in [2.75, 3.05) is 51.5 Å². The smallest absolute Gasteiger partial charge is 0.216 e. The van der Waals surface area contributed by atoms with Crippen molar-refractivity contribution in [3.05, 3.63) is 59.9 Å². The molecular formula is C22H25FN8. The number of anilines is 1. The van der Waals surface area contributed by atoms with Gasteiger partial charge in [-0.2, -0.15) is 0 Å². The van der Waals surface area contributed by atoms with Gasteiger partial charge in [0.1, 0.15) is 18.7 Å². The van der Waals surface area contributed by atoms with Crippen molar-refractivity contribution in [3.8, 4) is 0 Å². The monoisotopic (exact) mass is 420 g/mol. The number of aliphatic imine (C=N–C) groups is 1. The highest BCUT2D eigenvalue weighted by atomic mass is 19.1. The molecule has 160 valence electrons. The maximum atomic E-state index is 13.6. The lowest BCUT2D eigenvalue weighted by atomic mass is 10.1. The van der Waals surface area contributed by atoms with E-state index < -0.39 is 0 Å². The summed E-state index contributed by atoms with van der Waals surface area (Å²) in [6.07, 6.45) is -0.201. The van der Waals surface area contributed by atoms with E-state index >= 15 is 0 Å². The Hall–Kier alpha value is -3.01. The van der Waals surface area contributed by atoms with Gasteiger partial charge in [-0.3, -0.25) is 9.47 Å². The normalized spacial score (nSPS) is 22.7. The number of benzene rings is 2. The molecule has 3 aliphatic heterocycles. The summed E-state index contributed by atoms with van der Waals surface area (Å²) in [6.45, 7) is 5.40. The first-order valence-corrected chi connectivity index (χ1v) is 10.7. The molecule has 0 bridgehead atoms. The molecule has 1 aromatic heterocycles. The van der Waals surface area contributed by atoms with Crippen molar-refractivity contribution in [3.63, 3.8) is 0 Å². The van der Waals surface area contributed by atoms with E-state index in [1.54, 1.807) is 0 Å². The Bertz CT molecular complexity index is 1130. The van der Waals surface area contributed by atoms with Crippen LogP contribution < -0.4 is 10.2 Å². The van der Waals surface area contributed by atoms with Gasteiger partial charge in [0.2, 0.25) is 11.9 Å². The number of para-hydroxylation sites is 2. The standard InChI is InChI=1S/C22H25FN8/c1-27-10-12-28(13-11-27)29-14-24-21-26-20(16-6-8-17(23)9-7-16)31-19-5-3-2-4-18(19)25-22(31)30(21)15-29/h2-9,20H,10-15H2,1H3,(H,24,26)/t20-/m0/s1. The summed E-state index contributed by atoms with van der Waals surface area (Å²) >= 11 is 0. The number of fused-ring (bicyclic) bond motifs is 5. The van der Waals surface area contributed by atoms with Gasteiger partial charge in [-0.25, -0.2) is 24.4 Å². The van der Waals surface area contributed by atoms with E-state index in [4.69, 9.17) is 9.98 Å². The molecule has 0 aliphatic carbocycles. The number of rotatable bonds is 2. The van der Waals surface area contributed by atoms with Crippen molar-refractivity contribution >= 4 is 22.9 Å². The average molecular weight is 420 g/mol. The van der Waals surface area contributed by atoms with Crippen LogP contribution in [0.4, 0.5) is 10.3 Å².